The summed E-state index contributed by atoms with van der Waals surface area (Å²) in [5, 5.41) is 8.06. The Hall–Kier alpha value is -3.15. The van der Waals surface area contributed by atoms with Crippen molar-refractivity contribution in [2.45, 2.75) is 0 Å². The molecule has 3 aromatic rings. The number of carbonyl (C=O) groups is 1. The summed E-state index contributed by atoms with van der Waals surface area (Å²) < 4.78 is 12.0. The fourth-order valence-corrected chi connectivity index (χ4v) is 2.31. The number of rotatable bonds is 5. The van der Waals surface area contributed by atoms with Gasteiger partial charge < -0.3 is 9.47 Å². The average Bonchev–Trinajstić information content (AvgIpc) is 3.06. The van der Waals surface area contributed by atoms with Crippen molar-refractivity contribution >= 4 is 6.29 Å². The number of benzene rings is 2. The van der Waals surface area contributed by atoms with Crippen molar-refractivity contribution in [3.63, 3.8) is 0 Å². The Morgan fingerprint density at radius 2 is 1.74 bits per heavy atom. The topological polar surface area (TPSA) is 66.2 Å². The van der Waals surface area contributed by atoms with Gasteiger partial charge >= 0.3 is 0 Å². The molecule has 3 rings (SSSR count). The minimum absolute atomic E-state index is 0.276. The smallest absolute Gasteiger partial charge is 0.172 e. The monoisotopic (exact) mass is 309 g/mol. The molecule has 1 aromatic heterocycles. The first-order valence-corrected chi connectivity index (χ1v) is 6.96. The number of hydrogen-bond acceptors (Lipinski definition) is 5. The number of carbonyl (C=O) groups excluding carboxylic acids is 1. The van der Waals surface area contributed by atoms with Crippen LogP contribution in [0.15, 0.2) is 48.5 Å². The molecule has 0 fully saturated rings. The van der Waals surface area contributed by atoms with E-state index in [1.807, 2.05) is 48.5 Å². The predicted octanol–water partition coefficient (Wildman–Crippen LogP) is 2.76. The maximum atomic E-state index is 11.3. The third-order valence-corrected chi connectivity index (χ3v) is 3.47. The maximum Gasteiger partial charge on any atom is 0.172 e. The second kappa shape index (κ2) is 6.31. The fraction of sp³-hybridized carbons (Fsp3) is 0.118. The highest BCUT2D eigenvalue weighted by Crippen LogP contribution is 2.27. The molecule has 6 heteroatoms. The Kier molecular flexibility index (Phi) is 4.05. The third-order valence-electron chi connectivity index (χ3n) is 3.47. The number of nitrogens with zero attached hydrogens (tertiary/aromatic N) is 3. The van der Waals surface area contributed by atoms with E-state index in [2.05, 4.69) is 10.3 Å². The average molecular weight is 309 g/mol. The van der Waals surface area contributed by atoms with Gasteiger partial charge in [0.1, 0.15) is 17.2 Å². The van der Waals surface area contributed by atoms with E-state index in [1.165, 1.54) is 0 Å². The lowest BCUT2D eigenvalue weighted by Crippen LogP contribution is -2.00. The van der Waals surface area contributed by atoms with Crippen LogP contribution in [0.5, 0.6) is 11.5 Å². The van der Waals surface area contributed by atoms with Crippen molar-refractivity contribution < 1.29 is 14.3 Å². The van der Waals surface area contributed by atoms with Crippen LogP contribution in [0.1, 0.15) is 10.5 Å². The predicted molar refractivity (Wildman–Crippen MR) is 85.3 cm³/mol. The van der Waals surface area contributed by atoms with E-state index in [1.54, 1.807) is 18.9 Å². The summed E-state index contributed by atoms with van der Waals surface area (Å²) >= 11 is 0. The lowest BCUT2D eigenvalue weighted by atomic mass is 10.1. The van der Waals surface area contributed by atoms with Crippen molar-refractivity contribution in [2.24, 2.45) is 0 Å². The molecule has 0 amide bonds. The Labute approximate surface area is 133 Å². The van der Waals surface area contributed by atoms with Crippen LogP contribution >= 0.6 is 0 Å². The van der Waals surface area contributed by atoms with Crippen molar-refractivity contribution in [1.82, 2.24) is 15.0 Å². The van der Waals surface area contributed by atoms with Crippen LogP contribution < -0.4 is 9.47 Å². The molecule has 1 heterocycles. The number of ether oxygens (including phenoxy) is 2. The Morgan fingerprint density at radius 1 is 1.00 bits per heavy atom. The molecule has 0 saturated carbocycles. The molecule has 0 bridgehead atoms. The van der Waals surface area contributed by atoms with Gasteiger partial charge in [0.05, 0.1) is 19.9 Å². The third kappa shape index (κ3) is 2.78. The number of hydrogen-bond donors (Lipinski definition) is 0. The van der Waals surface area contributed by atoms with Gasteiger partial charge in [0.15, 0.2) is 12.0 Å². The van der Waals surface area contributed by atoms with Crippen LogP contribution in [0, 0.1) is 0 Å². The van der Waals surface area contributed by atoms with Crippen LogP contribution in [-0.4, -0.2) is 35.5 Å². The minimum Gasteiger partial charge on any atom is -0.497 e. The van der Waals surface area contributed by atoms with Gasteiger partial charge in [-0.05, 0) is 36.4 Å². The van der Waals surface area contributed by atoms with Crippen LogP contribution in [-0.2, 0) is 0 Å². The molecule has 0 aliphatic rings. The van der Waals surface area contributed by atoms with E-state index in [0.29, 0.717) is 17.7 Å². The van der Waals surface area contributed by atoms with Gasteiger partial charge in [-0.3, -0.25) is 4.79 Å². The molecule has 0 aliphatic heterocycles. The van der Waals surface area contributed by atoms with Crippen molar-refractivity contribution in [3.05, 3.63) is 54.2 Å². The van der Waals surface area contributed by atoms with E-state index in [0.717, 1.165) is 17.0 Å². The van der Waals surface area contributed by atoms with Gasteiger partial charge in [-0.25, -0.2) is 4.68 Å². The second-order valence-electron chi connectivity index (χ2n) is 4.78. The number of aldehydes is 1. The highest BCUT2D eigenvalue weighted by Gasteiger charge is 2.16. The summed E-state index contributed by atoms with van der Waals surface area (Å²) in [4.78, 5) is 11.3. The van der Waals surface area contributed by atoms with E-state index in [9.17, 15) is 4.79 Å². The van der Waals surface area contributed by atoms with Crippen molar-refractivity contribution in [3.8, 4) is 28.4 Å². The molecular weight excluding hydrogens is 294 g/mol. The number of methoxy groups -OCH3 is 2. The summed E-state index contributed by atoms with van der Waals surface area (Å²) in [6, 6.07) is 14.8. The SMILES string of the molecule is COc1ccc(-c2c(C=O)nnn2-c2cccc(OC)c2)cc1. The molecule has 0 radical (unpaired) electrons. The van der Waals surface area contributed by atoms with E-state index in [4.69, 9.17) is 9.47 Å². The van der Waals surface area contributed by atoms with Crippen molar-refractivity contribution in [2.75, 3.05) is 14.2 Å². The summed E-state index contributed by atoms with van der Waals surface area (Å²) in [7, 11) is 3.20. The highest BCUT2D eigenvalue weighted by molar-refractivity contribution is 5.84. The highest BCUT2D eigenvalue weighted by atomic mass is 16.5. The van der Waals surface area contributed by atoms with Gasteiger partial charge in [0, 0.05) is 11.6 Å². The van der Waals surface area contributed by atoms with Crippen LogP contribution in [0.3, 0.4) is 0 Å². The number of aromatic nitrogens is 3. The van der Waals surface area contributed by atoms with Gasteiger partial charge in [0.25, 0.3) is 0 Å². The molecule has 0 aliphatic carbocycles. The first-order valence-electron chi connectivity index (χ1n) is 6.96. The van der Waals surface area contributed by atoms with Gasteiger partial charge in [-0.2, -0.15) is 0 Å². The Balaban J connectivity index is 2.14. The van der Waals surface area contributed by atoms with Crippen molar-refractivity contribution in [1.29, 1.82) is 0 Å². The fourth-order valence-electron chi connectivity index (χ4n) is 2.31. The molecule has 0 atom stereocenters. The van der Waals surface area contributed by atoms with E-state index in [-0.39, 0.29) is 5.69 Å². The molecule has 6 nitrogen and oxygen atoms in total. The summed E-state index contributed by atoms with van der Waals surface area (Å²) in [6.07, 6.45) is 0.698. The molecular formula is C17H15N3O3. The molecule has 0 N–H and O–H groups in total. The lowest BCUT2D eigenvalue weighted by molar-refractivity contribution is 0.111. The van der Waals surface area contributed by atoms with E-state index >= 15 is 0 Å². The maximum absolute atomic E-state index is 11.3. The summed E-state index contributed by atoms with van der Waals surface area (Å²) in [6.45, 7) is 0. The zero-order valence-corrected chi connectivity index (χ0v) is 12.8. The van der Waals surface area contributed by atoms with Gasteiger partial charge in [-0.15, -0.1) is 5.10 Å². The van der Waals surface area contributed by atoms with Gasteiger partial charge in [0.2, 0.25) is 0 Å². The van der Waals surface area contributed by atoms with Crippen LogP contribution in [0.25, 0.3) is 16.9 Å². The standard InChI is InChI=1S/C17H15N3O3/c1-22-14-8-6-12(7-9-14)17-16(11-21)18-19-20(17)13-4-3-5-15(10-13)23-2/h3-11H,1-2H3. The van der Waals surface area contributed by atoms with E-state index < -0.39 is 0 Å². The molecule has 0 saturated heterocycles. The van der Waals surface area contributed by atoms with Gasteiger partial charge in [-0.1, -0.05) is 11.3 Å². The molecule has 0 unspecified atom stereocenters. The quantitative estimate of drug-likeness (QED) is 0.678. The van der Waals surface area contributed by atoms with Crippen LogP contribution in [0.2, 0.25) is 0 Å². The molecule has 116 valence electrons. The summed E-state index contributed by atoms with van der Waals surface area (Å²) in [5.74, 6) is 1.44. The normalized spacial score (nSPS) is 10.3. The lowest BCUT2D eigenvalue weighted by Gasteiger charge is -2.09. The second-order valence-corrected chi connectivity index (χ2v) is 4.78. The minimum atomic E-state index is 0.276. The zero-order valence-electron chi connectivity index (χ0n) is 12.8. The first kappa shape index (κ1) is 14.8. The van der Waals surface area contributed by atoms with Crippen LogP contribution in [0.4, 0.5) is 0 Å². The zero-order chi connectivity index (χ0) is 16.2. The molecule has 0 spiro atoms. The summed E-state index contributed by atoms with van der Waals surface area (Å²) in [5.41, 5.74) is 2.48. The Bertz CT molecular complexity index is 825. The first-order chi connectivity index (χ1) is 11.3. The molecule has 23 heavy (non-hydrogen) atoms. The Morgan fingerprint density at radius 3 is 2.39 bits per heavy atom. The largest absolute Gasteiger partial charge is 0.497 e. The molecule has 2 aromatic carbocycles.